The van der Waals surface area contributed by atoms with Gasteiger partial charge in [-0.05, 0) is 55.7 Å². The summed E-state index contributed by atoms with van der Waals surface area (Å²) >= 11 is 0. The summed E-state index contributed by atoms with van der Waals surface area (Å²) in [5.74, 6) is 0.541. The molecule has 0 unspecified atom stereocenters. The number of rotatable bonds is 5. The number of methoxy groups -OCH3 is 1. The highest BCUT2D eigenvalue weighted by Crippen LogP contribution is 2.26. The van der Waals surface area contributed by atoms with Crippen LogP contribution in [0, 0.1) is 26.7 Å². The average Bonchev–Trinajstić information content (AvgIpc) is 2.67. The SMILES string of the molecule is COc1c(C)cnc(CNC(=O)Oc2cc(C)cc(-c3ccnc(F)c3)c2)c1C. The van der Waals surface area contributed by atoms with Gasteiger partial charge in [-0.2, -0.15) is 4.39 Å². The second-order valence-electron chi connectivity index (χ2n) is 6.69. The van der Waals surface area contributed by atoms with Crippen molar-refractivity contribution >= 4 is 6.09 Å². The van der Waals surface area contributed by atoms with Crippen LogP contribution in [-0.4, -0.2) is 23.2 Å². The second-order valence-corrected chi connectivity index (χ2v) is 6.69. The van der Waals surface area contributed by atoms with Crippen molar-refractivity contribution in [2.24, 2.45) is 0 Å². The van der Waals surface area contributed by atoms with Crippen LogP contribution < -0.4 is 14.8 Å². The second kappa shape index (κ2) is 8.68. The zero-order chi connectivity index (χ0) is 21.0. The van der Waals surface area contributed by atoms with Crippen molar-refractivity contribution < 1.29 is 18.7 Å². The van der Waals surface area contributed by atoms with Crippen molar-refractivity contribution in [3.8, 4) is 22.6 Å². The van der Waals surface area contributed by atoms with E-state index >= 15 is 0 Å². The third-order valence-electron chi connectivity index (χ3n) is 4.47. The van der Waals surface area contributed by atoms with Crippen LogP contribution in [0.4, 0.5) is 9.18 Å². The molecule has 0 aliphatic carbocycles. The van der Waals surface area contributed by atoms with E-state index in [4.69, 9.17) is 9.47 Å². The van der Waals surface area contributed by atoms with Gasteiger partial charge in [-0.3, -0.25) is 4.98 Å². The van der Waals surface area contributed by atoms with Gasteiger partial charge >= 0.3 is 6.09 Å². The fraction of sp³-hybridized carbons (Fsp3) is 0.227. The van der Waals surface area contributed by atoms with E-state index in [-0.39, 0.29) is 6.54 Å². The molecule has 0 atom stereocenters. The Balaban J connectivity index is 1.71. The van der Waals surface area contributed by atoms with Gasteiger partial charge in [0, 0.05) is 29.6 Å². The highest BCUT2D eigenvalue weighted by Gasteiger charge is 2.12. The molecule has 6 nitrogen and oxygen atoms in total. The molecule has 0 aliphatic heterocycles. The van der Waals surface area contributed by atoms with Gasteiger partial charge in [0.1, 0.15) is 11.5 Å². The predicted octanol–water partition coefficient (Wildman–Crippen LogP) is 4.51. The number of carbonyl (C=O) groups is 1. The van der Waals surface area contributed by atoms with Gasteiger partial charge in [0.2, 0.25) is 5.95 Å². The molecule has 0 saturated carbocycles. The molecule has 0 bridgehead atoms. The van der Waals surface area contributed by atoms with Crippen molar-refractivity contribution in [1.82, 2.24) is 15.3 Å². The molecule has 29 heavy (non-hydrogen) atoms. The number of hydrogen-bond acceptors (Lipinski definition) is 5. The van der Waals surface area contributed by atoms with Crippen LogP contribution in [0.15, 0.2) is 42.7 Å². The first kappa shape index (κ1) is 20.3. The zero-order valence-corrected chi connectivity index (χ0v) is 16.7. The molecule has 3 rings (SSSR count). The van der Waals surface area contributed by atoms with E-state index < -0.39 is 12.0 Å². The van der Waals surface area contributed by atoms with Gasteiger partial charge < -0.3 is 14.8 Å². The molecule has 1 aromatic carbocycles. The maximum atomic E-state index is 13.4. The minimum Gasteiger partial charge on any atom is -0.496 e. The topological polar surface area (TPSA) is 73.3 Å². The average molecular weight is 395 g/mol. The van der Waals surface area contributed by atoms with Crippen LogP contribution in [0.3, 0.4) is 0 Å². The molecule has 7 heteroatoms. The quantitative estimate of drug-likeness (QED) is 0.644. The monoisotopic (exact) mass is 395 g/mol. The van der Waals surface area contributed by atoms with Gasteiger partial charge in [0.25, 0.3) is 0 Å². The number of benzene rings is 1. The highest BCUT2D eigenvalue weighted by molar-refractivity contribution is 5.72. The summed E-state index contributed by atoms with van der Waals surface area (Å²) < 4.78 is 24.2. The number of nitrogens with zero attached hydrogens (tertiary/aromatic N) is 2. The molecule has 2 heterocycles. The molecule has 1 N–H and O–H groups in total. The number of amides is 1. The standard InChI is InChI=1S/C22H22FN3O3/c1-13-7-17(16-5-6-24-20(23)10-16)9-18(8-13)29-22(27)26-12-19-15(3)21(28-4)14(2)11-25-19/h5-11H,12H2,1-4H3,(H,26,27). The molecule has 1 amide bonds. The summed E-state index contributed by atoms with van der Waals surface area (Å²) in [5.41, 5.74) is 4.75. The van der Waals surface area contributed by atoms with Crippen molar-refractivity contribution in [2.45, 2.75) is 27.3 Å². The molecule has 0 spiro atoms. The minimum atomic E-state index is -0.608. The Morgan fingerprint density at radius 3 is 2.62 bits per heavy atom. The van der Waals surface area contributed by atoms with Crippen LogP contribution >= 0.6 is 0 Å². The number of halogens is 1. The molecule has 2 aromatic heterocycles. The van der Waals surface area contributed by atoms with Crippen LogP contribution in [0.25, 0.3) is 11.1 Å². The van der Waals surface area contributed by atoms with E-state index in [0.717, 1.165) is 28.0 Å². The largest absolute Gasteiger partial charge is 0.496 e. The van der Waals surface area contributed by atoms with Gasteiger partial charge in [-0.15, -0.1) is 0 Å². The Morgan fingerprint density at radius 2 is 1.90 bits per heavy atom. The van der Waals surface area contributed by atoms with Gasteiger partial charge in [0.15, 0.2) is 0 Å². The Labute approximate surface area is 168 Å². The molecule has 0 fully saturated rings. The number of ether oxygens (including phenoxy) is 2. The number of aryl methyl sites for hydroxylation is 2. The summed E-state index contributed by atoms with van der Waals surface area (Å²) in [6.07, 6.45) is 2.49. The number of pyridine rings is 2. The van der Waals surface area contributed by atoms with Crippen molar-refractivity contribution in [1.29, 1.82) is 0 Å². The summed E-state index contributed by atoms with van der Waals surface area (Å²) in [6.45, 7) is 5.88. The van der Waals surface area contributed by atoms with E-state index in [9.17, 15) is 9.18 Å². The fourth-order valence-corrected chi connectivity index (χ4v) is 3.10. The molecule has 0 saturated heterocycles. The lowest BCUT2D eigenvalue weighted by atomic mass is 10.0. The van der Waals surface area contributed by atoms with Crippen LogP contribution in [0.1, 0.15) is 22.4 Å². The van der Waals surface area contributed by atoms with Gasteiger partial charge in [-0.1, -0.05) is 6.07 Å². The third kappa shape index (κ3) is 4.87. The lowest BCUT2D eigenvalue weighted by Crippen LogP contribution is -2.27. The smallest absolute Gasteiger partial charge is 0.412 e. The van der Waals surface area contributed by atoms with Gasteiger partial charge in [0.05, 0.1) is 19.3 Å². The van der Waals surface area contributed by atoms with Crippen LogP contribution in [-0.2, 0) is 6.54 Å². The Kier molecular flexibility index (Phi) is 6.07. The number of carbonyl (C=O) groups excluding carboxylic acids is 1. The Hall–Kier alpha value is -3.48. The minimum absolute atomic E-state index is 0.204. The summed E-state index contributed by atoms with van der Waals surface area (Å²) in [6, 6.07) is 8.32. The molecular formula is C22H22FN3O3. The number of aromatic nitrogens is 2. The van der Waals surface area contributed by atoms with Crippen molar-refractivity contribution in [2.75, 3.05) is 7.11 Å². The van der Waals surface area contributed by atoms with Crippen molar-refractivity contribution in [3.05, 3.63) is 71.1 Å². The molecule has 150 valence electrons. The normalized spacial score (nSPS) is 10.5. The fourth-order valence-electron chi connectivity index (χ4n) is 3.10. The first-order valence-electron chi connectivity index (χ1n) is 9.05. The summed E-state index contributed by atoms with van der Waals surface area (Å²) in [5, 5.41) is 2.70. The summed E-state index contributed by atoms with van der Waals surface area (Å²) in [7, 11) is 1.60. The maximum Gasteiger partial charge on any atom is 0.412 e. The number of hydrogen-bond donors (Lipinski definition) is 1. The van der Waals surface area contributed by atoms with E-state index in [1.165, 1.54) is 12.3 Å². The van der Waals surface area contributed by atoms with E-state index in [2.05, 4.69) is 15.3 Å². The van der Waals surface area contributed by atoms with E-state index in [1.807, 2.05) is 26.8 Å². The molecule has 0 radical (unpaired) electrons. The Bertz CT molecular complexity index is 1050. The van der Waals surface area contributed by atoms with E-state index in [1.54, 1.807) is 31.5 Å². The predicted molar refractivity (Wildman–Crippen MR) is 107 cm³/mol. The molecular weight excluding hydrogens is 373 g/mol. The first-order valence-corrected chi connectivity index (χ1v) is 9.05. The molecule has 0 aliphatic rings. The van der Waals surface area contributed by atoms with Gasteiger partial charge in [-0.25, -0.2) is 9.78 Å². The maximum absolute atomic E-state index is 13.4. The zero-order valence-electron chi connectivity index (χ0n) is 16.7. The number of nitrogens with one attached hydrogen (secondary N) is 1. The van der Waals surface area contributed by atoms with Crippen LogP contribution in [0.2, 0.25) is 0 Å². The summed E-state index contributed by atoms with van der Waals surface area (Å²) in [4.78, 5) is 20.2. The Morgan fingerprint density at radius 1 is 1.10 bits per heavy atom. The van der Waals surface area contributed by atoms with E-state index in [0.29, 0.717) is 17.0 Å². The first-order chi connectivity index (χ1) is 13.9. The third-order valence-corrected chi connectivity index (χ3v) is 4.47. The van der Waals surface area contributed by atoms with Crippen molar-refractivity contribution in [3.63, 3.8) is 0 Å². The lowest BCUT2D eigenvalue weighted by Gasteiger charge is -2.13. The molecule has 3 aromatic rings. The van der Waals surface area contributed by atoms with Crippen LogP contribution in [0.5, 0.6) is 11.5 Å². The highest BCUT2D eigenvalue weighted by atomic mass is 19.1. The lowest BCUT2D eigenvalue weighted by molar-refractivity contribution is 0.200.